The Balaban J connectivity index is 1.18. The first-order valence-corrected chi connectivity index (χ1v) is 19.1. The number of benzene rings is 7. The Kier molecular flexibility index (Phi) is 6.74. The van der Waals surface area contributed by atoms with Crippen LogP contribution in [-0.2, 0) is 12.8 Å². The number of thiophene rings is 1. The zero-order valence-electron chi connectivity index (χ0n) is 29.1. The minimum absolute atomic E-state index is 0.819. The van der Waals surface area contributed by atoms with E-state index in [9.17, 15) is 0 Å². The fraction of sp³-hybridized carbons (Fsp3) is 0.0400. The van der Waals surface area contributed by atoms with Gasteiger partial charge in [0.15, 0.2) is 0 Å². The van der Waals surface area contributed by atoms with Crippen LogP contribution in [0.4, 0.5) is 0 Å². The van der Waals surface area contributed by atoms with Gasteiger partial charge in [-0.1, -0.05) is 140 Å². The molecule has 0 saturated carbocycles. The third kappa shape index (κ3) is 4.64. The molecule has 53 heavy (non-hydrogen) atoms. The van der Waals surface area contributed by atoms with Crippen molar-refractivity contribution in [2.75, 3.05) is 0 Å². The lowest BCUT2D eigenvalue weighted by Crippen LogP contribution is -2.02. The van der Waals surface area contributed by atoms with Gasteiger partial charge in [-0.2, -0.15) is 0 Å². The molecular weight excluding hydrogens is 661 g/mol. The van der Waals surface area contributed by atoms with Gasteiger partial charge in [-0.05, 0) is 77.6 Å². The van der Waals surface area contributed by atoms with Crippen LogP contribution in [0.3, 0.4) is 0 Å². The third-order valence-corrected chi connectivity index (χ3v) is 12.3. The summed E-state index contributed by atoms with van der Waals surface area (Å²) in [6.45, 7) is 4.46. The summed E-state index contributed by atoms with van der Waals surface area (Å²) in [6, 6.07) is 55.9. The van der Waals surface area contributed by atoms with Gasteiger partial charge < -0.3 is 9.13 Å². The fourth-order valence-corrected chi connectivity index (χ4v) is 10.0. The van der Waals surface area contributed by atoms with Crippen LogP contribution in [0.1, 0.15) is 16.7 Å². The van der Waals surface area contributed by atoms with Gasteiger partial charge in [-0.15, -0.1) is 11.3 Å². The lowest BCUT2D eigenvalue weighted by Gasteiger charge is -2.17. The summed E-state index contributed by atoms with van der Waals surface area (Å²) in [5.74, 6) is 0. The van der Waals surface area contributed by atoms with E-state index in [4.69, 9.17) is 0 Å². The van der Waals surface area contributed by atoms with Crippen LogP contribution in [0.2, 0.25) is 0 Å². The first-order valence-electron chi connectivity index (χ1n) is 18.3. The molecule has 0 amide bonds. The number of hydrogen-bond acceptors (Lipinski definition) is 1. The van der Waals surface area contributed by atoms with E-state index in [0.717, 1.165) is 24.1 Å². The number of para-hydroxylation sites is 3. The highest BCUT2D eigenvalue weighted by Gasteiger charge is 2.22. The van der Waals surface area contributed by atoms with Crippen molar-refractivity contribution in [3.63, 3.8) is 0 Å². The number of aromatic nitrogens is 2. The van der Waals surface area contributed by atoms with Crippen molar-refractivity contribution in [1.82, 2.24) is 9.13 Å². The van der Waals surface area contributed by atoms with Gasteiger partial charge in [-0.3, -0.25) is 0 Å². The molecule has 2 nitrogen and oxygen atoms in total. The summed E-state index contributed by atoms with van der Waals surface area (Å²) < 4.78 is 7.66. The second-order valence-corrected chi connectivity index (χ2v) is 15.2. The average Bonchev–Trinajstić information content (AvgIpc) is 3.87. The molecule has 0 spiro atoms. The Morgan fingerprint density at radius 2 is 1.13 bits per heavy atom. The topological polar surface area (TPSA) is 9.86 Å². The van der Waals surface area contributed by atoms with E-state index in [2.05, 4.69) is 186 Å². The molecule has 7 aromatic carbocycles. The molecule has 0 atom stereocenters. The molecule has 0 N–H and O–H groups in total. The molecule has 0 aliphatic heterocycles. The van der Waals surface area contributed by atoms with E-state index in [-0.39, 0.29) is 0 Å². The van der Waals surface area contributed by atoms with Crippen molar-refractivity contribution in [3.8, 4) is 11.4 Å². The summed E-state index contributed by atoms with van der Waals surface area (Å²) in [7, 11) is 0. The van der Waals surface area contributed by atoms with Gasteiger partial charge >= 0.3 is 0 Å². The highest BCUT2D eigenvalue weighted by atomic mass is 32.1. The maximum Gasteiger partial charge on any atom is 0.0788 e. The van der Waals surface area contributed by atoms with Crippen LogP contribution >= 0.6 is 11.3 Å². The Hall–Kier alpha value is -6.42. The van der Waals surface area contributed by atoms with Crippen molar-refractivity contribution in [2.24, 2.45) is 0 Å². The summed E-state index contributed by atoms with van der Waals surface area (Å²) in [4.78, 5) is 0. The van der Waals surface area contributed by atoms with E-state index in [1.165, 1.54) is 91.7 Å². The van der Waals surface area contributed by atoms with Gasteiger partial charge in [-0.25, -0.2) is 0 Å². The summed E-state index contributed by atoms with van der Waals surface area (Å²) in [5.41, 5.74) is 13.6. The van der Waals surface area contributed by atoms with Crippen LogP contribution in [-0.4, -0.2) is 9.13 Å². The van der Waals surface area contributed by atoms with Gasteiger partial charge in [0.1, 0.15) is 0 Å². The van der Waals surface area contributed by atoms with Crippen molar-refractivity contribution >= 4 is 80.7 Å². The van der Waals surface area contributed by atoms with Crippen molar-refractivity contribution in [3.05, 3.63) is 199 Å². The number of allylic oxidation sites excluding steroid dienone is 5. The average molecular weight is 695 g/mol. The predicted octanol–water partition coefficient (Wildman–Crippen LogP) is 13.5. The summed E-state index contributed by atoms with van der Waals surface area (Å²) >= 11 is 1.90. The zero-order chi connectivity index (χ0) is 35.0. The van der Waals surface area contributed by atoms with E-state index in [1.54, 1.807) is 0 Å². The van der Waals surface area contributed by atoms with Crippen LogP contribution in [0.15, 0.2) is 182 Å². The molecule has 1 aliphatic carbocycles. The van der Waals surface area contributed by atoms with E-state index in [1.807, 2.05) is 11.3 Å². The third-order valence-electron chi connectivity index (χ3n) is 11.1. The monoisotopic (exact) mass is 694 g/mol. The maximum atomic E-state index is 4.46. The molecule has 250 valence electrons. The minimum Gasteiger partial charge on any atom is -0.307 e. The molecule has 3 aromatic heterocycles. The number of hydrogen-bond donors (Lipinski definition) is 0. The molecular formula is C50H34N2S. The highest BCUT2D eigenvalue weighted by molar-refractivity contribution is 7.26. The quantitative estimate of drug-likeness (QED) is 0.174. The van der Waals surface area contributed by atoms with Gasteiger partial charge in [0.25, 0.3) is 0 Å². The SMILES string of the molecule is C=C1/C=C\C=C(\c2cccc3c2sc2ccccc23)Cc2cc(-n3c4ccccc4c4ccc5c6ccccc6n(-c6ccccc6)c5c43)ccc2C1. The number of rotatable bonds is 3. The first-order chi connectivity index (χ1) is 26.2. The van der Waals surface area contributed by atoms with Gasteiger partial charge in [0, 0.05) is 53.1 Å². The fourth-order valence-electron chi connectivity index (χ4n) is 8.76. The maximum absolute atomic E-state index is 4.46. The molecule has 1 aliphatic rings. The van der Waals surface area contributed by atoms with Crippen LogP contribution < -0.4 is 0 Å². The molecule has 3 heterocycles. The van der Waals surface area contributed by atoms with Gasteiger partial charge in [0.2, 0.25) is 0 Å². The first kappa shape index (κ1) is 30.2. The Morgan fingerprint density at radius 3 is 1.89 bits per heavy atom. The predicted molar refractivity (Wildman–Crippen MR) is 228 cm³/mol. The molecule has 11 rings (SSSR count). The van der Waals surface area contributed by atoms with Crippen LogP contribution in [0, 0.1) is 0 Å². The Morgan fingerprint density at radius 1 is 0.491 bits per heavy atom. The van der Waals surface area contributed by atoms with E-state index >= 15 is 0 Å². The Labute approximate surface area is 311 Å². The van der Waals surface area contributed by atoms with E-state index < -0.39 is 0 Å². The second kappa shape index (κ2) is 11.8. The number of fused-ring (bicyclic) bond motifs is 11. The molecule has 0 unspecified atom stereocenters. The highest BCUT2D eigenvalue weighted by Crippen LogP contribution is 2.43. The zero-order valence-corrected chi connectivity index (χ0v) is 29.9. The molecule has 0 bridgehead atoms. The summed E-state index contributed by atoms with van der Waals surface area (Å²) in [6.07, 6.45) is 8.34. The molecule has 3 heteroatoms. The van der Waals surface area contributed by atoms with Crippen molar-refractivity contribution in [2.45, 2.75) is 12.8 Å². The summed E-state index contributed by atoms with van der Waals surface area (Å²) in [5, 5.41) is 7.69. The van der Waals surface area contributed by atoms with Crippen LogP contribution in [0.25, 0.3) is 80.7 Å². The lowest BCUT2D eigenvalue weighted by atomic mass is 9.92. The van der Waals surface area contributed by atoms with Crippen molar-refractivity contribution < 1.29 is 0 Å². The van der Waals surface area contributed by atoms with Crippen molar-refractivity contribution in [1.29, 1.82) is 0 Å². The molecule has 0 saturated heterocycles. The van der Waals surface area contributed by atoms with Crippen LogP contribution in [0.5, 0.6) is 0 Å². The Bertz CT molecular complexity index is 3180. The molecule has 10 aromatic rings. The smallest absolute Gasteiger partial charge is 0.0788 e. The largest absolute Gasteiger partial charge is 0.307 e. The molecule has 0 radical (unpaired) electrons. The number of nitrogens with zero attached hydrogens (tertiary/aromatic N) is 2. The molecule has 0 fully saturated rings. The minimum atomic E-state index is 0.819. The lowest BCUT2D eigenvalue weighted by molar-refractivity contribution is 1.10. The van der Waals surface area contributed by atoms with E-state index in [0.29, 0.717) is 0 Å². The normalized spacial score (nSPS) is 15.2. The second-order valence-electron chi connectivity index (χ2n) is 14.2. The van der Waals surface area contributed by atoms with Gasteiger partial charge in [0.05, 0.1) is 22.1 Å². The standard InChI is InChI=1S/C50H34N2S/c1-32-13-11-14-34(38-20-12-21-44-41-19-7-10-24-47(41)53-50(38)44)30-35-31-37(26-25-33(35)29-32)52-46-23-9-6-18-40(46)43-28-27-42-39-17-5-8-22-45(39)51(48(42)49(43)52)36-15-3-2-4-16-36/h2-28,31H,1,29-30H2/b13-11-,34-14+.